The summed E-state index contributed by atoms with van der Waals surface area (Å²) in [4.78, 5) is 0. The second kappa shape index (κ2) is 15.9. The maximum Gasteiger partial charge on any atom is 0.0653 e. The van der Waals surface area contributed by atoms with Gasteiger partial charge in [0, 0.05) is 28.4 Å². The number of fused-ring (bicyclic) bond motifs is 3. The summed E-state index contributed by atoms with van der Waals surface area (Å²) < 4.78 is 2.52. The van der Waals surface area contributed by atoms with E-state index in [1.54, 1.807) is 0 Å². The molecule has 3 nitrogen and oxygen atoms in total. The molecular weight excluding hydrogens is 558 g/mol. The van der Waals surface area contributed by atoms with Crippen LogP contribution in [0.3, 0.4) is 0 Å². The summed E-state index contributed by atoms with van der Waals surface area (Å²) in [5.41, 5.74) is 8.10. The van der Waals surface area contributed by atoms with Gasteiger partial charge in [0.05, 0.1) is 17.6 Å². The number of anilines is 2. The van der Waals surface area contributed by atoms with Crippen molar-refractivity contribution in [3.8, 4) is 0 Å². The first kappa shape index (κ1) is 31.1. The summed E-state index contributed by atoms with van der Waals surface area (Å²) in [7, 11) is 0. The van der Waals surface area contributed by atoms with E-state index in [0.29, 0.717) is 0 Å². The molecule has 46 heavy (non-hydrogen) atoms. The summed E-state index contributed by atoms with van der Waals surface area (Å²) in [6.07, 6.45) is 17.0. The molecule has 0 fully saturated rings. The van der Waals surface area contributed by atoms with E-state index >= 15 is 0 Å². The van der Waals surface area contributed by atoms with Crippen LogP contribution in [-0.4, -0.2) is 10.8 Å². The molecule has 6 aromatic rings. The molecule has 232 valence electrons. The van der Waals surface area contributed by atoms with E-state index in [0.717, 1.165) is 29.0 Å². The topological polar surface area (TPSA) is 20.5 Å². The van der Waals surface area contributed by atoms with Crippen molar-refractivity contribution < 1.29 is 0 Å². The minimum Gasteiger partial charge on any atom is -0.340 e. The standard InChI is InChI=1S/C43H45N3/c1-2-3-4-5-6-7-8-17-32-45-42-23-16-15-22-40(42)41-33-37(28-31-43(41)45)34-44-46(38-20-13-10-14-21-38)39-29-26-36(27-30-39)25-24-35-18-11-9-12-19-35/h9-16,18-31,33-34H,2-8,17,32H2,1H3/b25-24+,44-34-. The number of unbranched alkanes of at least 4 members (excludes halogenated alkanes) is 7. The Morgan fingerprint density at radius 2 is 1.09 bits per heavy atom. The van der Waals surface area contributed by atoms with Crippen LogP contribution in [0.25, 0.3) is 34.0 Å². The minimum atomic E-state index is 1.02. The van der Waals surface area contributed by atoms with Gasteiger partial charge in [0.25, 0.3) is 0 Å². The summed E-state index contributed by atoms with van der Waals surface area (Å²) in [5.74, 6) is 0. The molecule has 1 aromatic heterocycles. The van der Waals surface area contributed by atoms with Gasteiger partial charge in [-0.15, -0.1) is 0 Å². The van der Waals surface area contributed by atoms with Gasteiger partial charge in [-0.25, -0.2) is 5.01 Å². The second-order valence-corrected chi connectivity index (χ2v) is 12.1. The predicted octanol–water partition coefficient (Wildman–Crippen LogP) is 12.3. The Morgan fingerprint density at radius 1 is 0.522 bits per heavy atom. The van der Waals surface area contributed by atoms with Crippen LogP contribution in [-0.2, 0) is 6.54 Å². The van der Waals surface area contributed by atoms with Crippen molar-refractivity contribution in [1.29, 1.82) is 0 Å². The van der Waals surface area contributed by atoms with Crippen LogP contribution in [0.4, 0.5) is 11.4 Å². The zero-order valence-corrected chi connectivity index (χ0v) is 27.1. The number of nitrogens with zero attached hydrogens (tertiary/aromatic N) is 3. The van der Waals surface area contributed by atoms with Gasteiger partial charge in [0.15, 0.2) is 0 Å². The van der Waals surface area contributed by atoms with Gasteiger partial charge < -0.3 is 4.57 Å². The molecule has 0 atom stereocenters. The maximum atomic E-state index is 5.03. The highest BCUT2D eigenvalue weighted by atomic mass is 15.5. The molecule has 0 saturated carbocycles. The molecule has 0 aliphatic rings. The molecule has 3 heteroatoms. The molecule has 0 N–H and O–H groups in total. The van der Waals surface area contributed by atoms with Crippen molar-refractivity contribution >= 4 is 51.5 Å². The number of benzene rings is 5. The van der Waals surface area contributed by atoms with E-state index in [1.165, 1.54) is 78.7 Å². The van der Waals surface area contributed by atoms with Gasteiger partial charge in [0.2, 0.25) is 0 Å². The van der Waals surface area contributed by atoms with Crippen LogP contribution in [0.15, 0.2) is 132 Å². The van der Waals surface area contributed by atoms with Crippen LogP contribution in [0.5, 0.6) is 0 Å². The maximum absolute atomic E-state index is 5.03. The molecule has 0 amide bonds. The highest BCUT2D eigenvalue weighted by Gasteiger charge is 2.12. The Labute approximate surface area is 274 Å². The number of aromatic nitrogens is 1. The van der Waals surface area contributed by atoms with Crippen molar-refractivity contribution in [3.05, 3.63) is 144 Å². The normalized spacial score (nSPS) is 11.8. The van der Waals surface area contributed by atoms with E-state index < -0.39 is 0 Å². The van der Waals surface area contributed by atoms with Gasteiger partial charge >= 0.3 is 0 Å². The SMILES string of the molecule is CCCCCCCCCCn1c2ccccc2c2cc(/C=N\N(c3ccccc3)c3ccc(/C=C/c4ccccc4)cc3)ccc21. The number of para-hydroxylation sites is 2. The Morgan fingerprint density at radius 3 is 1.83 bits per heavy atom. The fourth-order valence-corrected chi connectivity index (χ4v) is 6.26. The van der Waals surface area contributed by atoms with Crippen molar-refractivity contribution in [3.63, 3.8) is 0 Å². The first-order valence-electron chi connectivity index (χ1n) is 17.0. The van der Waals surface area contributed by atoms with E-state index in [9.17, 15) is 0 Å². The highest BCUT2D eigenvalue weighted by molar-refractivity contribution is 6.09. The Balaban J connectivity index is 1.21. The third-order valence-electron chi connectivity index (χ3n) is 8.76. The lowest BCUT2D eigenvalue weighted by Gasteiger charge is -2.19. The molecule has 0 aliphatic heterocycles. The number of aryl methyl sites for hydroxylation is 1. The first-order valence-corrected chi connectivity index (χ1v) is 17.0. The molecule has 0 unspecified atom stereocenters. The van der Waals surface area contributed by atoms with Crippen LogP contribution in [0, 0.1) is 0 Å². The van der Waals surface area contributed by atoms with Crippen molar-refractivity contribution in [1.82, 2.24) is 4.57 Å². The first-order chi connectivity index (χ1) is 22.8. The summed E-state index contributed by atoms with van der Waals surface area (Å²) in [6.45, 7) is 3.34. The third-order valence-corrected chi connectivity index (χ3v) is 8.76. The average molecular weight is 604 g/mol. The summed E-state index contributed by atoms with van der Waals surface area (Å²) in [5, 5.41) is 9.65. The van der Waals surface area contributed by atoms with Crippen LogP contribution < -0.4 is 5.01 Å². The largest absolute Gasteiger partial charge is 0.340 e. The zero-order chi connectivity index (χ0) is 31.4. The van der Waals surface area contributed by atoms with Gasteiger partial charge in [-0.05, 0) is 65.6 Å². The minimum absolute atomic E-state index is 1.02. The van der Waals surface area contributed by atoms with Crippen LogP contribution in [0.2, 0.25) is 0 Å². The van der Waals surface area contributed by atoms with Crippen molar-refractivity contribution in [2.45, 2.75) is 64.8 Å². The highest BCUT2D eigenvalue weighted by Crippen LogP contribution is 2.31. The Hall–Kier alpha value is -4.89. The third kappa shape index (κ3) is 7.84. The number of hydrogen-bond acceptors (Lipinski definition) is 2. The molecule has 0 spiro atoms. The second-order valence-electron chi connectivity index (χ2n) is 12.1. The number of hydrazone groups is 1. The smallest absolute Gasteiger partial charge is 0.0653 e. The monoisotopic (exact) mass is 603 g/mol. The fourth-order valence-electron chi connectivity index (χ4n) is 6.26. The van der Waals surface area contributed by atoms with E-state index in [2.05, 4.69) is 139 Å². The van der Waals surface area contributed by atoms with Crippen LogP contribution in [0.1, 0.15) is 75.0 Å². The lowest BCUT2D eigenvalue weighted by atomic mass is 10.1. The van der Waals surface area contributed by atoms with E-state index in [1.807, 2.05) is 23.4 Å². The van der Waals surface area contributed by atoms with Gasteiger partial charge in [-0.2, -0.15) is 5.10 Å². The number of rotatable bonds is 15. The van der Waals surface area contributed by atoms with E-state index in [-0.39, 0.29) is 0 Å². The van der Waals surface area contributed by atoms with Crippen molar-refractivity contribution in [2.24, 2.45) is 5.10 Å². The predicted molar refractivity (Wildman–Crippen MR) is 200 cm³/mol. The molecule has 0 saturated heterocycles. The van der Waals surface area contributed by atoms with Crippen molar-refractivity contribution in [2.75, 3.05) is 5.01 Å². The van der Waals surface area contributed by atoms with Gasteiger partial charge in [-0.3, -0.25) is 0 Å². The number of hydrogen-bond donors (Lipinski definition) is 0. The molecule has 0 bridgehead atoms. The zero-order valence-electron chi connectivity index (χ0n) is 27.1. The summed E-state index contributed by atoms with van der Waals surface area (Å²) >= 11 is 0. The molecule has 0 aliphatic carbocycles. The van der Waals surface area contributed by atoms with Gasteiger partial charge in [-0.1, -0.05) is 149 Å². The Kier molecular flexibility index (Phi) is 10.8. The molecule has 1 heterocycles. The molecule has 5 aromatic carbocycles. The quantitative estimate of drug-likeness (QED) is 0.0495. The summed E-state index contributed by atoms with van der Waals surface area (Å²) in [6, 6.07) is 44.9. The average Bonchev–Trinajstić information content (AvgIpc) is 3.42. The molecular formula is C43H45N3. The van der Waals surface area contributed by atoms with Crippen LogP contribution >= 0.6 is 0 Å². The molecule has 6 rings (SSSR count). The lowest BCUT2D eigenvalue weighted by molar-refractivity contribution is 0.553. The fraction of sp³-hybridized carbons (Fsp3) is 0.233. The van der Waals surface area contributed by atoms with Gasteiger partial charge in [0.1, 0.15) is 0 Å². The lowest BCUT2D eigenvalue weighted by Crippen LogP contribution is -2.09. The molecule has 0 radical (unpaired) electrons. The Bertz CT molecular complexity index is 1860. The van der Waals surface area contributed by atoms with E-state index in [4.69, 9.17) is 5.10 Å².